The Hall–Kier alpha value is -1.73. The molecule has 2 fully saturated rings. The molecule has 1 aromatic heterocycles. The van der Waals surface area contributed by atoms with E-state index in [0.717, 1.165) is 31.9 Å². The van der Waals surface area contributed by atoms with Crippen molar-refractivity contribution in [2.75, 3.05) is 45.9 Å². The number of ether oxygens (including phenoxy) is 1. The minimum Gasteiger partial charge on any atom is -0.370 e. The van der Waals surface area contributed by atoms with E-state index >= 15 is 0 Å². The SMILES string of the molecule is CC(C)(C)c1ccc(=O)n(CC2CN(CCN3CCOCC3=O)C2)n1. The molecule has 0 bridgehead atoms. The van der Waals surface area contributed by atoms with Gasteiger partial charge in [-0.1, -0.05) is 20.8 Å². The molecule has 7 nitrogen and oxygen atoms in total. The molecule has 0 N–H and O–H groups in total. The quantitative estimate of drug-likeness (QED) is 0.767. The van der Waals surface area contributed by atoms with Crippen LogP contribution in [0.25, 0.3) is 0 Å². The van der Waals surface area contributed by atoms with Crippen LogP contribution in [0.2, 0.25) is 0 Å². The second-order valence-electron chi connectivity index (χ2n) is 8.05. The highest BCUT2D eigenvalue weighted by Gasteiger charge is 2.29. The molecule has 0 unspecified atom stereocenters. The maximum absolute atomic E-state index is 12.1. The Balaban J connectivity index is 1.47. The van der Waals surface area contributed by atoms with Gasteiger partial charge in [0.1, 0.15) is 6.61 Å². The third-order valence-corrected chi connectivity index (χ3v) is 4.87. The van der Waals surface area contributed by atoms with E-state index in [1.54, 1.807) is 10.7 Å². The molecule has 1 aromatic rings. The lowest BCUT2D eigenvalue weighted by molar-refractivity contribution is -0.143. The van der Waals surface area contributed by atoms with Gasteiger partial charge in [-0.15, -0.1) is 0 Å². The van der Waals surface area contributed by atoms with Crippen molar-refractivity contribution in [3.8, 4) is 0 Å². The van der Waals surface area contributed by atoms with Crippen molar-refractivity contribution in [1.82, 2.24) is 19.6 Å². The van der Waals surface area contributed by atoms with E-state index in [4.69, 9.17) is 4.74 Å². The largest absolute Gasteiger partial charge is 0.370 e. The fourth-order valence-electron chi connectivity index (χ4n) is 3.25. The summed E-state index contributed by atoms with van der Waals surface area (Å²) in [5, 5.41) is 4.54. The van der Waals surface area contributed by atoms with E-state index < -0.39 is 0 Å². The Bertz CT molecular complexity index is 674. The van der Waals surface area contributed by atoms with Crippen molar-refractivity contribution in [2.24, 2.45) is 5.92 Å². The number of aromatic nitrogens is 2. The standard InChI is InChI=1S/C18H28N4O3/c1-18(2,3)15-4-5-16(23)22(19-15)12-14-10-20(11-14)6-7-21-8-9-25-13-17(21)24/h4-5,14H,6-13H2,1-3H3. The molecule has 7 heteroatoms. The van der Waals surface area contributed by atoms with Crippen molar-refractivity contribution < 1.29 is 9.53 Å². The number of morpholine rings is 1. The first-order valence-electron chi connectivity index (χ1n) is 8.99. The Kier molecular flexibility index (Phi) is 5.24. The van der Waals surface area contributed by atoms with Gasteiger partial charge in [-0.25, -0.2) is 4.68 Å². The summed E-state index contributed by atoms with van der Waals surface area (Å²) in [5.41, 5.74) is 0.839. The van der Waals surface area contributed by atoms with E-state index in [2.05, 4.69) is 30.8 Å². The van der Waals surface area contributed by atoms with Gasteiger partial charge in [-0.05, 0) is 6.07 Å². The molecule has 138 valence electrons. The molecular formula is C18H28N4O3. The number of carbonyl (C=O) groups excluding carboxylic acids is 1. The zero-order chi connectivity index (χ0) is 18.0. The number of carbonyl (C=O) groups is 1. The van der Waals surface area contributed by atoms with Crippen molar-refractivity contribution in [3.63, 3.8) is 0 Å². The summed E-state index contributed by atoms with van der Waals surface area (Å²) in [6.45, 7) is 12.0. The van der Waals surface area contributed by atoms with Gasteiger partial charge in [0.05, 0.1) is 18.8 Å². The Labute approximate surface area is 148 Å². The van der Waals surface area contributed by atoms with Crippen LogP contribution in [0.1, 0.15) is 26.5 Å². The van der Waals surface area contributed by atoms with Gasteiger partial charge in [0.15, 0.2) is 0 Å². The lowest BCUT2D eigenvalue weighted by Gasteiger charge is -2.40. The molecule has 25 heavy (non-hydrogen) atoms. The summed E-state index contributed by atoms with van der Waals surface area (Å²) in [7, 11) is 0. The molecule has 0 aliphatic carbocycles. The molecule has 2 aliphatic heterocycles. The lowest BCUT2D eigenvalue weighted by Crippen LogP contribution is -2.53. The molecule has 0 spiro atoms. The molecule has 0 aromatic carbocycles. The van der Waals surface area contributed by atoms with Gasteiger partial charge < -0.3 is 14.5 Å². The Morgan fingerprint density at radius 1 is 1.20 bits per heavy atom. The van der Waals surface area contributed by atoms with Crippen LogP contribution in [0.4, 0.5) is 0 Å². The smallest absolute Gasteiger partial charge is 0.266 e. The fraction of sp³-hybridized carbons (Fsp3) is 0.722. The van der Waals surface area contributed by atoms with Crippen LogP contribution in [-0.4, -0.2) is 71.4 Å². The van der Waals surface area contributed by atoms with Crippen LogP contribution in [-0.2, 0) is 21.5 Å². The van der Waals surface area contributed by atoms with Gasteiger partial charge >= 0.3 is 0 Å². The van der Waals surface area contributed by atoms with Crippen LogP contribution in [0, 0.1) is 5.92 Å². The molecular weight excluding hydrogens is 320 g/mol. The van der Waals surface area contributed by atoms with E-state index in [9.17, 15) is 9.59 Å². The number of amides is 1. The minimum atomic E-state index is -0.0637. The molecule has 0 radical (unpaired) electrons. The third kappa shape index (κ3) is 4.46. The van der Waals surface area contributed by atoms with Gasteiger partial charge in [0.2, 0.25) is 5.91 Å². The maximum Gasteiger partial charge on any atom is 0.266 e. The van der Waals surface area contributed by atoms with Crippen LogP contribution in [0.3, 0.4) is 0 Å². The van der Waals surface area contributed by atoms with E-state index in [1.165, 1.54) is 0 Å². The van der Waals surface area contributed by atoms with Crippen molar-refractivity contribution in [2.45, 2.75) is 32.7 Å². The predicted octanol–water partition coefficient (Wildman–Crippen LogP) is 0.331. The topological polar surface area (TPSA) is 67.7 Å². The highest BCUT2D eigenvalue weighted by Crippen LogP contribution is 2.20. The van der Waals surface area contributed by atoms with Crippen LogP contribution >= 0.6 is 0 Å². The fourth-order valence-corrected chi connectivity index (χ4v) is 3.25. The minimum absolute atomic E-state index is 0.0367. The normalized spacial score (nSPS) is 20.0. The lowest BCUT2D eigenvalue weighted by atomic mass is 9.92. The number of hydrogen-bond acceptors (Lipinski definition) is 5. The molecule has 3 heterocycles. The van der Waals surface area contributed by atoms with Crippen LogP contribution in [0.5, 0.6) is 0 Å². The first kappa shape index (κ1) is 18.1. The van der Waals surface area contributed by atoms with E-state index in [-0.39, 0.29) is 23.5 Å². The molecule has 1 amide bonds. The first-order chi connectivity index (χ1) is 11.8. The number of nitrogens with zero attached hydrogens (tertiary/aromatic N) is 4. The Morgan fingerprint density at radius 2 is 1.96 bits per heavy atom. The van der Waals surface area contributed by atoms with E-state index in [1.807, 2.05) is 11.0 Å². The molecule has 0 atom stereocenters. The van der Waals surface area contributed by atoms with Crippen LogP contribution < -0.4 is 5.56 Å². The monoisotopic (exact) mass is 348 g/mol. The highest BCUT2D eigenvalue weighted by molar-refractivity contribution is 5.77. The number of hydrogen-bond donors (Lipinski definition) is 0. The second-order valence-corrected chi connectivity index (χ2v) is 8.05. The number of rotatable bonds is 5. The summed E-state index contributed by atoms with van der Waals surface area (Å²) in [5.74, 6) is 0.527. The van der Waals surface area contributed by atoms with Gasteiger partial charge in [0.25, 0.3) is 5.56 Å². The maximum atomic E-state index is 12.1. The van der Waals surface area contributed by atoms with Crippen molar-refractivity contribution in [1.29, 1.82) is 0 Å². The first-order valence-corrected chi connectivity index (χ1v) is 8.99. The summed E-state index contributed by atoms with van der Waals surface area (Å²) >= 11 is 0. The average molecular weight is 348 g/mol. The number of likely N-dealkylation sites (tertiary alicyclic amines) is 1. The zero-order valence-corrected chi connectivity index (χ0v) is 15.4. The van der Waals surface area contributed by atoms with E-state index in [0.29, 0.717) is 25.6 Å². The molecule has 3 rings (SSSR count). The highest BCUT2D eigenvalue weighted by atomic mass is 16.5. The van der Waals surface area contributed by atoms with Crippen molar-refractivity contribution >= 4 is 5.91 Å². The molecule has 0 saturated carbocycles. The zero-order valence-electron chi connectivity index (χ0n) is 15.4. The average Bonchev–Trinajstić information content (AvgIpc) is 2.51. The van der Waals surface area contributed by atoms with Crippen LogP contribution in [0.15, 0.2) is 16.9 Å². The summed E-state index contributed by atoms with van der Waals surface area (Å²) in [6, 6.07) is 3.44. The summed E-state index contributed by atoms with van der Waals surface area (Å²) in [4.78, 5) is 28.0. The third-order valence-electron chi connectivity index (χ3n) is 4.87. The second kappa shape index (κ2) is 7.25. The summed E-state index contributed by atoms with van der Waals surface area (Å²) in [6.07, 6.45) is 0. The molecule has 2 saturated heterocycles. The molecule has 2 aliphatic rings. The Morgan fingerprint density at radius 3 is 2.64 bits per heavy atom. The van der Waals surface area contributed by atoms with Crippen molar-refractivity contribution in [3.05, 3.63) is 28.2 Å². The van der Waals surface area contributed by atoms with Gasteiger partial charge in [-0.3, -0.25) is 9.59 Å². The van der Waals surface area contributed by atoms with Gasteiger partial charge in [-0.2, -0.15) is 5.10 Å². The predicted molar refractivity (Wildman–Crippen MR) is 94.5 cm³/mol. The summed E-state index contributed by atoms with van der Waals surface area (Å²) < 4.78 is 6.75. The van der Waals surface area contributed by atoms with Gasteiger partial charge in [0, 0.05) is 50.1 Å².